The molecule has 1 aromatic rings. The summed E-state index contributed by atoms with van der Waals surface area (Å²) in [5, 5.41) is 12.4. The third kappa shape index (κ3) is 3.15. The Morgan fingerprint density at radius 2 is 1.81 bits per heavy atom. The molecule has 0 aromatic heterocycles. The monoisotopic (exact) mass is 311 g/mol. The minimum absolute atomic E-state index is 0.147. The van der Waals surface area contributed by atoms with Crippen molar-refractivity contribution >= 4 is 9.84 Å². The average Bonchev–Trinajstić information content (AvgIpc) is 2.80. The van der Waals surface area contributed by atoms with E-state index < -0.39 is 21.2 Å². The molecule has 1 aromatic carbocycles. The van der Waals surface area contributed by atoms with E-state index in [2.05, 4.69) is 5.32 Å². The van der Waals surface area contributed by atoms with Gasteiger partial charge in [-0.1, -0.05) is 39.0 Å². The van der Waals surface area contributed by atoms with Crippen molar-refractivity contribution in [1.82, 2.24) is 5.32 Å². The van der Waals surface area contributed by atoms with Crippen LogP contribution in [0.2, 0.25) is 0 Å². The number of nitrogens with one attached hydrogen (secondary N) is 1. The Morgan fingerprint density at radius 1 is 1.19 bits per heavy atom. The lowest BCUT2D eigenvalue weighted by Crippen LogP contribution is -2.32. The number of sulfone groups is 1. The number of hydrogen-bond acceptors (Lipinski definition) is 4. The Balaban J connectivity index is 2.43. The van der Waals surface area contributed by atoms with E-state index in [1.807, 2.05) is 32.9 Å². The van der Waals surface area contributed by atoms with E-state index in [-0.39, 0.29) is 11.5 Å². The van der Waals surface area contributed by atoms with Gasteiger partial charge < -0.3 is 10.4 Å². The van der Waals surface area contributed by atoms with Crippen molar-refractivity contribution in [3.63, 3.8) is 0 Å². The smallest absolute Gasteiger partial charge is 0.181 e. The molecule has 0 radical (unpaired) electrons. The van der Waals surface area contributed by atoms with Crippen LogP contribution in [0.1, 0.15) is 39.2 Å². The molecule has 0 saturated heterocycles. The molecule has 0 aliphatic heterocycles. The normalized spacial score (nSPS) is 27.0. The minimum atomic E-state index is -3.43. The van der Waals surface area contributed by atoms with Gasteiger partial charge in [-0.05, 0) is 36.9 Å². The van der Waals surface area contributed by atoms with Crippen molar-refractivity contribution in [1.29, 1.82) is 0 Å². The van der Waals surface area contributed by atoms with Crippen LogP contribution in [-0.4, -0.2) is 38.0 Å². The molecule has 118 valence electrons. The third-order valence-corrected chi connectivity index (χ3v) is 6.53. The van der Waals surface area contributed by atoms with Gasteiger partial charge in [-0.15, -0.1) is 0 Å². The fraction of sp³-hybridized carbons (Fsp3) is 0.625. The molecule has 0 heterocycles. The molecule has 1 fully saturated rings. The maximum absolute atomic E-state index is 13.0. The molecule has 2 N–H and O–H groups in total. The summed E-state index contributed by atoms with van der Waals surface area (Å²) in [6.07, 6.45) is 0.154. The van der Waals surface area contributed by atoms with Gasteiger partial charge in [0.1, 0.15) is 0 Å². The Hall–Kier alpha value is -0.910. The van der Waals surface area contributed by atoms with E-state index in [0.717, 1.165) is 5.56 Å². The molecular weight excluding hydrogens is 286 g/mol. The summed E-state index contributed by atoms with van der Waals surface area (Å²) < 4.78 is 25.9. The topological polar surface area (TPSA) is 66.4 Å². The number of benzene rings is 1. The zero-order valence-electron chi connectivity index (χ0n) is 13.1. The van der Waals surface area contributed by atoms with Crippen LogP contribution in [0.3, 0.4) is 0 Å². The predicted octanol–water partition coefficient (Wildman–Crippen LogP) is 1.87. The van der Waals surface area contributed by atoms with E-state index >= 15 is 0 Å². The highest BCUT2D eigenvalue weighted by atomic mass is 32.2. The molecule has 21 heavy (non-hydrogen) atoms. The number of hydrogen-bond donors (Lipinski definition) is 2. The van der Waals surface area contributed by atoms with Crippen molar-refractivity contribution in [2.24, 2.45) is 0 Å². The first-order chi connectivity index (χ1) is 9.67. The Kier molecular flexibility index (Phi) is 4.47. The second-order valence-electron chi connectivity index (χ2n) is 6.85. The van der Waals surface area contributed by atoms with Gasteiger partial charge in [0.25, 0.3) is 0 Å². The molecule has 4 nitrogen and oxygen atoms in total. The standard InChI is InChI=1S/C16H25NO3S/c1-16(2,3)12-7-5-6-8-15(12)21(19,20)11-9-13(17-4)14(18)10-11/h5-8,11,13-14,17-18H,9-10H2,1-4H3. The van der Waals surface area contributed by atoms with Gasteiger partial charge >= 0.3 is 0 Å². The molecule has 1 aliphatic rings. The van der Waals surface area contributed by atoms with Crippen LogP contribution in [0.4, 0.5) is 0 Å². The fourth-order valence-corrected chi connectivity index (χ4v) is 5.27. The molecule has 3 atom stereocenters. The van der Waals surface area contributed by atoms with Crippen LogP contribution in [0, 0.1) is 0 Å². The van der Waals surface area contributed by atoms with Crippen molar-refractivity contribution in [2.75, 3.05) is 7.05 Å². The average molecular weight is 311 g/mol. The Morgan fingerprint density at radius 3 is 2.33 bits per heavy atom. The van der Waals surface area contributed by atoms with Gasteiger partial charge in [0.15, 0.2) is 9.84 Å². The first-order valence-corrected chi connectivity index (χ1v) is 8.91. The largest absolute Gasteiger partial charge is 0.391 e. The van der Waals surface area contributed by atoms with E-state index in [1.54, 1.807) is 19.2 Å². The summed E-state index contributed by atoms with van der Waals surface area (Å²) in [4.78, 5) is 0.409. The zero-order chi connectivity index (χ0) is 15.8. The SMILES string of the molecule is CNC1CC(S(=O)(=O)c2ccccc2C(C)(C)C)CC1O. The molecule has 1 saturated carbocycles. The second kappa shape index (κ2) is 5.71. The lowest BCUT2D eigenvalue weighted by molar-refractivity contribution is 0.153. The summed E-state index contributed by atoms with van der Waals surface area (Å²) in [5.41, 5.74) is 0.607. The van der Waals surface area contributed by atoms with Crippen molar-refractivity contribution < 1.29 is 13.5 Å². The van der Waals surface area contributed by atoms with E-state index in [9.17, 15) is 13.5 Å². The number of aliphatic hydroxyl groups excluding tert-OH is 1. The van der Waals surface area contributed by atoms with Crippen LogP contribution in [0.15, 0.2) is 29.2 Å². The van der Waals surface area contributed by atoms with Crippen molar-refractivity contribution in [2.45, 2.75) is 61.3 Å². The van der Waals surface area contributed by atoms with Gasteiger partial charge in [0, 0.05) is 6.04 Å². The van der Waals surface area contributed by atoms with Crippen LogP contribution >= 0.6 is 0 Å². The molecule has 3 unspecified atom stereocenters. The third-order valence-electron chi connectivity index (χ3n) is 4.30. The summed E-state index contributed by atoms with van der Waals surface area (Å²) in [5.74, 6) is 0. The predicted molar refractivity (Wildman–Crippen MR) is 84.2 cm³/mol. The summed E-state index contributed by atoms with van der Waals surface area (Å²) in [6, 6.07) is 7.07. The summed E-state index contributed by atoms with van der Waals surface area (Å²) in [6.45, 7) is 6.05. The first-order valence-electron chi connectivity index (χ1n) is 7.36. The molecular formula is C16H25NO3S. The van der Waals surface area contributed by atoms with E-state index in [0.29, 0.717) is 17.7 Å². The molecule has 1 aliphatic carbocycles. The first kappa shape index (κ1) is 16.5. The van der Waals surface area contributed by atoms with Crippen LogP contribution in [-0.2, 0) is 15.3 Å². The number of aliphatic hydroxyl groups is 1. The van der Waals surface area contributed by atoms with E-state index in [1.165, 1.54) is 0 Å². The lowest BCUT2D eigenvalue weighted by Gasteiger charge is -2.24. The zero-order valence-corrected chi connectivity index (χ0v) is 13.9. The van der Waals surface area contributed by atoms with Crippen LogP contribution in [0.25, 0.3) is 0 Å². The quantitative estimate of drug-likeness (QED) is 0.894. The molecule has 5 heteroatoms. The number of rotatable bonds is 3. The summed E-state index contributed by atoms with van der Waals surface area (Å²) in [7, 11) is -1.67. The second-order valence-corrected chi connectivity index (χ2v) is 9.04. The van der Waals surface area contributed by atoms with Gasteiger partial charge in [-0.3, -0.25) is 0 Å². The molecule has 2 rings (SSSR count). The van der Waals surface area contributed by atoms with E-state index in [4.69, 9.17) is 0 Å². The molecule has 0 spiro atoms. The minimum Gasteiger partial charge on any atom is -0.391 e. The number of likely N-dealkylation sites (N-methyl/N-ethyl adjacent to an activating group) is 1. The lowest BCUT2D eigenvalue weighted by atomic mass is 9.87. The molecule has 0 bridgehead atoms. The maximum Gasteiger partial charge on any atom is 0.181 e. The highest BCUT2D eigenvalue weighted by molar-refractivity contribution is 7.92. The Labute approximate surface area is 127 Å². The van der Waals surface area contributed by atoms with Gasteiger partial charge in [0.2, 0.25) is 0 Å². The van der Waals surface area contributed by atoms with Crippen molar-refractivity contribution in [3.8, 4) is 0 Å². The molecule has 0 amide bonds. The summed E-state index contributed by atoms with van der Waals surface area (Å²) >= 11 is 0. The van der Waals surface area contributed by atoms with Gasteiger partial charge in [-0.25, -0.2) is 8.42 Å². The van der Waals surface area contributed by atoms with Crippen LogP contribution < -0.4 is 5.32 Å². The highest BCUT2D eigenvalue weighted by Gasteiger charge is 2.41. The van der Waals surface area contributed by atoms with Gasteiger partial charge in [-0.2, -0.15) is 0 Å². The Bertz CT molecular complexity index is 604. The fourth-order valence-electron chi connectivity index (χ4n) is 3.05. The van der Waals surface area contributed by atoms with Crippen molar-refractivity contribution in [3.05, 3.63) is 29.8 Å². The van der Waals surface area contributed by atoms with Gasteiger partial charge in [0.05, 0.1) is 16.2 Å². The highest BCUT2D eigenvalue weighted by Crippen LogP contribution is 2.35. The van der Waals surface area contributed by atoms with Crippen LogP contribution in [0.5, 0.6) is 0 Å². The maximum atomic E-state index is 13.0.